The van der Waals surface area contributed by atoms with Crippen molar-refractivity contribution in [1.82, 2.24) is 4.72 Å². The highest BCUT2D eigenvalue weighted by molar-refractivity contribution is 7.89. The minimum Gasteiger partial charge on any atom is -0.506 e. The van der Waals surface area contributed by atoms with E-state index in [1.165, 1.54) is 12.1 Å². The van der Waals surface area contributed by atoms with Crippen LogP contribution in [0, 0.1) is 0 Å². The summed E-state index contributed by atoms with van der Waals surface area (Å²) in [6.07, 6.45) is 0. The maximum atomic E-state index is 12.3. The smallest absolute Gasteiger partial charge is 0.241 e. The number of phenols is 1. The van der Waals surface area contributed by atoms with E-state index in [9.17, 15) is 18.6 Å². The lowest BCUT2D eigenvalue weighted by atomic mass is 10.1. The SMILES string of the molecule is Nc1cc(S(=O)(=O)NC(CO)c2ccccc2)ccc1O. The van der Waals surface area contributed by atoms with Gasteiger partial charge in [-0.2, -0.15) is 0 Å². The van der Waals surface area contributed by atoms with Crippen LogP contribution in [0.4, 0.5) is 5.69 Å². The molecule has 0 spiro atoms. The number of hydrogen-bond acceptors (Lipinski definition) is 5. The number of sulfonamides is 1. The lowest BCUT2D eigenvalue weighted by Gasteiger charge is -2.17. The minimum atomic E-state index is -3.86. The van der Waals surface area contributed by atoms with E-state index >= 15 is 0 Å². The second kappa shape index (κ2) is 6.13. The van der Waals surface area contributed by atoms with Crippen molar-refractivity contribution in [3.05, 3.63) is 54.1 Å². The van der Waals surface area contributed by atoms with Crippen molar-refractivity contribution in [2.24, 2.45) is 0 Å². The van der Waals surface area contributed by atoms with E-state index in [0.29, 0.717) is 5.56 Å². The summed E-state index contributed by atoms with van der Waals surface area (Å²) in [6, 6.07) is 11.6. The molecule has 112 valence electrons. The topological polar surface area (TPSA) is 113 Å². The van der Waals surface area contributed by atoms with Gasteiger partial charge in [0.25, 0.3) is 0 Å². The Labute approximate surface area is 122 Å². The molecule has 1 atom stereocenters. The van der Waals surface area contributed by atoms with Gasteiger partial charge in [0.1, 0.15) is 5.75 Å². The molecule has 2 aromatic carbocycles. The van der Waals surface area contributed by atoms with Gasteiger partial charge in [0.15, 0.2) is 0 Å². The fraction of sp³-hybridized carbons (Fsp3) is 0.143. The molecule has 0 aliphatic heterocycles. The Kier molecular flexibility index (Phi) is 4.46. The van der Waals surface area contributed by atoms with Crippen LogP contribution in [0.25, 0.3) is 0 Å². The zero-order chi connectivity index (χ0) is 15.5. The molecule has 21 heavy (non-hydrogen) atoms. The third-order valence-electron chi connectivity index (χ3n) is 2.99. The molecule has 0 bridgehead atoms. The molecule has 0 aliphatic carbocycles. The molecule has 0 aliphatic rings. The van der Waals surface area contributed by atoms with Crippen molar-refractivity contribution >= 4 is 15.7 Å². The number of rotatable bonds is 5. The van der Waals surface area contributed by atoms with E-state index in [1.54, 1.807) is 30.3 Å². The van der Waals surface area contributed by atoms with Crippen LogP contribution in [-0.2, 0) is 10.0 Å². The van der Waals surface area contributed by atoms with E-state index in [2.05, 4.69) is 4.72 Å². The first-order valence-electron chi connectivity index (χ1n) is 6.20. The Morgan fingerprint density at radius 2 is 1.81 bits per heavy atom. The van der Waals surface area contributed by atoms with E-state index in [-0.39, 0.29) is 22.9 Å². The third kappa shape index (κ3) is 3.52. The quantitative estimate of drug-likeness (QED) is 0.486. The number of nitrogens with two attached hydrogens (primary N) is 1. The Hall–Kier alpha value is -2.09. The summed E-state index contributed by atoms with van der Waals surface area (Å²) in [6.45, 7) is -0.378. The number of phenolic OH excluding ortho intramolecular Hbond substituents is 1. The fourth-order valence-electron chi connectivity index (χ4n) is 1.85. The normalized spacial score (nSPS) is 13.0. The lowest BCUT2D eigenvalue weighted by molar-refractivity contribution is 0.259. The molecule has 1 unspecified atom stereocenters. The predicted octanol–water partition coefficient (Wildman–Crippen LogP) is 0.986. The summed E-state index contributed by atoms with van der Waals surface area (Å²) in [5, 5.41) is 18.7. The van der Waals surface area contributed by atoms with Crippen LogP contribution in [0.5, 0.6) is 5.75 Å². The molecular weight excluding hydrogens is 292 g/mol. The van der Waals surface area contributed by atoms with Gasteiger partial charge in [-0.1, -0.05) is 30.3 Å². The van der Waals surface area contributed by atoms with E-state index in [1.807, 2.05) is 0 Å². The van der Waals surface area contributed by atoms with E-state index in [0.717, 1.165) is 6.07 Å². The second-order valence-electron chi connectivity index (χ2n) is 4.49. The van der Waals surface area contributed by atoms with Crippen LogP contribution >= 0.6 is 0 Å². The number of nitrogens with one attached hydrogen (secondary N) is 1. The summed E-state index contributed by atoms with van der Waals surface area (Å²) >= 11 is 0. The first kappa shape index (κ1) is 15.3. The Bertz CT molecular complexity index is 717. The standard InChI is InChI=1S/C14H16N2O4S/c15-12-8-11(6-7-14(12)18)21(19,20)16-13(9-17)10-4-2-1-3-5-10/h1-8,13,16-18H,9,15H2. The van der Waals surface area contributed by atoms with Crippen molar-refractivity contribution in [2.75, 3.05) is 12.3 Å². The van der Waals surface area contributed by atoms with Gasteiger partial charge >= 0.3 is 0 Å². The maximum absolute atomic E-state index is 12.3. The minimum absolute atomic E-state index is 0.0295. The van der Waals surface area contributed by atoms with E-state index in [4.69, 9.17) is 5.73 Å². The van der Waals surface area contributed by atoms with Gasteiger partial charge in [0, 0.05) is 0 Å². The van der Waals surface area contributed by atoms with Crippen LogP contribution < -0.4 is 10.5 Å². The summed E-state index contributed by atoms with van der Waals surface area (Å²) < 4.78 is 27.0. The predicted molar refractivity (Wildman–Crippen MR) is 79.1 cm³/mol. The number of hydrogen-bond donors (Lipinski definition) is 4. The Morgan fingerprint density at radius 3 is 2.38 bits per heavy atom. The number of nitrogen functional groups attached to an aromatic ring is 1. The van der Waals surface area contributed by atoms with Gasteiger partial charge in [0.05, 0.1) is 23.2 Å². The highest BCUT2D eigenvalue weighted by Gasteiger charge is 2.21. The van der Waals surface area contributed by atoms with Crippen molar-refractivity contribution in [3.63, 3.8) is 0 Å². The molecule has 7 heteroatoms. The molecule has 0 saturated heterocycles. The van der Waals surface area contributed by atoms with Gasteiger partial charge in [-0.15, -0.1) is 0 Å². The zero-order valence-corrected chi connectivity index (χ0v) is 11.9. The molecule has 2 rings (SSSR count). The van der Waals surface area contributed by atoms with E-state index < -0.39 is 16.1 Å². The summed E-state index contributed by atoms with van der Waals surface area (Å²) in [4.78, 5) is -0.0767. The number of aliphatic hydroxyl groups excluding tert-OH is 1. The van der Waals surface area contributed by atoms with Gasteiger partial charge in [-0.05, 0) is 23.8 Å². The van der Waals surface area contributed by atoms with Gasteiger partial charge in [0.2, 0.25) is 10.0 Å². The number of aromatic hydroxyl groups is 1. The second-order valence-corrected chi connectivity index (χ2v) is 6.20. The number of benzene rings is 2. The van der Waals surface area contributed by atoms with Crippen molar-refractivity contribution < 1.29 is 18.6 Å². The summed E-state index contributed by atoms with van der Waals surface area (Å²) in [7, 11) is -3.86. The van der Waals surface area contributed by atoms with Crippen LogP contribution in [-0.4, -0.2) is 25.2 Å². The fourth-order valence-corrected chi connectivity index (χ4v) is 3.10. The van der Waals surface area contributed by atoms with Crippen LogP contribution in [0.15, 0.2) is 53.4 Å². The van der Waals surface area contributed by atoms with Gasteiger partial charge in [-0.3, -0.25) is 0 Å². The van der Waals surface area contributed by atoms with Crippen molar-refractivity contribution in [1.29, 1.82) is 0 Å². The van der Waals surface area contributed by atoms with Crippen molar-refractivity contribution in [2.45, 2.75) is 10.9 Å². The maximum Gasteiger partial charge on any atom is 0.241 e. The van der Waals surface area contributed by atoms with Crippen LogP contribution in [0.2, 0.25) is 0 Å². The molecular formula is C14H16N2O4S. The highest BCUT2D eigenvalue weighted by Crippen LogP contribution is 2.24. The average Bonchev–Trinajstić information content (AvgIpc) is 2.48. The molecule has 0 saturated carbocycles. The summed E-state index contributed by atoms with van der Waals surface area (Å²) in [5.74, 6) is -0.185. The van der Waals surface area contributed by atoms with Crippen molar-refractivity contribution in [3.8, 4) is 5.75 Å². The van der Waals surface area contributed by atoms with Gasteiger partial charge < -0.3 is 15.9 Å². The molecule has 2 aromatic rings. The Balaban J connectivity index is 2.29. The monoisotopic (exact) mass is 308 g/mol. The molecule has 0 heterocycles. The van der Waals surface area contributed by atoms with Crippen LogP contribution in [0.3, 0.4) is 0 Å². The Morgan fingerprint density at radius 1 is 1.14 bits per heavy atom. The molecule has 0 amide bonds. The van der Waals surface area contributed by atoms with Gasteiger partial charge in [-0.25, -0.2) is 13.1 Å². The number of aliphatic hydroxyl groups is 1. The largest absolute Gasteiger partial charge is 0.506 e. The molecule has 5 N–H and O–H groups in total. The van der Waals surface area contributed by atoms with Crippen LogP contribution in [0.1, 0.15) is 11.6 Å². The lowest BCUT2D eigenvalue weighted by Crippen LogP contribution is -2.30. The third-order valence-corrected chi connectivity index (χ3v) is 4.46. The zero-order valence-electron chi connectivity index (χ0n) is 11.1. The summed E-state index contributed by atoms with van der Waals surface area (Å²) in [5.41, 5.74) is 6.12. The molecule has 0 radical (unpaired) electrons. The molecule has 0 fully saturated rings. The number of anilines is 1. The molecule has 0 aromatic heterocycles. The molecule has 6 nitrogen and oxygen atoms in total. The first-order chi connectivity index (χ1) is 9.94. The first-order valence-corrected chi connectivity index (χ1v) is 7.69. The average molecular weight is 308 g/mol. The highest BCUT2D eigenvalue weighted by atomic mass is 32.2.